The molecule has 148 valence electrons. The normalized spacial score (nSPS) is 34.8. The molecule has 1 saturated carbocycles. The number of fused-ring (bicyclic) bond motifs is 1. The number of likely N-dealkylation sites (tertiary alicyclic amines) is 2. The lowest BCUT2D eigenvalue weighted by molar-refractivity contribution is -0.159. The van der Waals surface area contributed by atoms with E-state index in [-0.39, 0.29) is 19.0 Å². The van der Waals surface area contributed by atoms with Crippen molar-refractivity contribution in [3.63, 3.8) is 0 Å². The van der Waals surface area contributed by atoms with Gasteiger partial charge in [0.15, 0.2) is 0 Å². The minimum absolute atomic E-state index is 0.0717. The predicted molar refractivity (Wildman–Crippen MR) is 92.8 cm³/mol. The van der Waals surface area contributed by atoms with E-state index in [0.29, 0.717) is 25.9 Å². The van der Waals surface area contributed by atoms with Crippen molar-refractivity contribution < 1.29 is 23.1 Å². The van der Waals surface area contributed by atoms with E-state index in [0.717, 1.165) is 12.8 Å². The highest BCUT2D eigenvalue weighted by molar-refractivity contribution is 5.86. The van der Waals surface area contributed by atoms with Crippen molar-refractivity contribution in [3.8, 4) is 0 Å². The monoisotopic (exact) mass is 372 g/mol. The third-order valence-electron chi connectivity index (χ3n) is 6.15. The van der Waals surface area contributed by atoms with Gasteiger partial charge in [-0.25, -0.2) is 8.78 Å². The van der Waals surface area contributed by atoms with E-state index in [9.17, 15) is 18.4 Å². The fourth-order valence-electron chi connectivity index (χ4n) is 4.43. The standard InChI is InChI=1S/C19H30F2N2O3/c1-17(2,3)26-15(24)12-23-9-6-5-7-13(16(23)25)22-10-8-18(4)14(11-22)19(18,20)21/h13-14H,5-12H2,1-4H3. The van der Waals surface area contributed by atoms with E-state index in [2.05, 4.69) is 0 Å². The number of hydrogen-bond donors (Lipinski definition) is 0. The predicted octanol–water partition coefficient (Wildman–Crippen LogP) is 2.69. The minimum Gasteiger partial charge on any atom is -0.459 e. The molecule has 1 amide bonds. The van der Waals surface area contributed by atoms with Crippen LogP contribution >= 0.6 is 0 Å². The zero-order chi connectivity index (χ0) is 19.3. The van der Waals surface area contributed by atoms with E-state index in [1.807, 2.05) is 4.90 Å². The van der Waals surface area contributed by atoms with Crippen molar-refractivity contribution in [3.05, 3.63) is 0 Å². The topological polar surface area (TPSA) is 49.9 Å². The molecular formula is C19H30F2N2O3. The number of halogens is 2. The van der Waals surface area contributed by atoms with Crippen LogP contribution in [0, 0.1) is 11.3 Å². The number of hydrogen-bond acceptors (Lipinski definition) is 4. The molecule has 1 aliphatic carbocycles. The summed E-state index contributed by atoms with van der Waals surface area (Å²) in [4.78, 5) is 28.6. The smallest absolute Gasteiger partial charge is 0.326 e. The Labute approximate surface area is 154 Å². The Morgan fingerprint density at radius 2 is 1.96 bits per heavy atom. The maximum absolute atomic E-state index is 14.0. The summed E-state index contributed by atoms with van der Waals surface area (Å²) in [5.74, 6) is -3.82. The molecule has 0 bridgehead atoms. The molecule has 3 rings (SSSR count). The Balaban J connectivity index is 1.65. The van der Waals surface area contributed by atoms with Crippen molar-refractivity contribution in [2.75, 3.05) is 26.2 Å². The molecule has 0 spiro atoms. The molecule has 3 atom stereocenters. The summed E-state index contributed by atoms with van der Waals surface area (Å²) in [5.41, 5.74) is -1.49. The van der Waals surface area contributed by atoms with Crippen molar-refractivity contribution in [2.45, 2.75) is 70.9 Å². The Hall–Kier alpha value is -1.24. The number of ether oxygens (including phenoxy) is 1. The lowest BCUT2D eigenvalue weighted by atomic mass is 9.95. The molecule has 0 aromatic heterocycles. The quantitative estimate of drug-likeness (QED) is 0.715. The molecule has 0 radical (unpaired) electrons. The summed E-state index contributed by atoms with van der Waals surface area (Å²) in [7, 11) is 0. The lowest BCUT2D eigenvalue weighted by Gasteiger charge is -2.36. The van der Waals surface area contributed by atoms with Crippen LogP contribution in [0.25, 0.3) is 0 Å². The summed E-state index contributed by atoms with van der Waals surface area (Å²) in [5, 5.41) is 0. The summed E-state index contributed by atoms with van der Waals surface area (Å²) in [6.07, 6.45) is 2.76. The van der Waals surface area contributed by atoms with Gasteiger partial charge >= 0.3 is 5.97 Å². The maximum Gasteiger partial charge on any atom is 0.326 e. The van der Waals surface area contributed by atoms with Crippen LogP contribution in [-0.4, -0.2) is 65.4 Å². The van der Waals surface area contributed by atoms with Gasteiger partial charge in [0.1, 0.15) is 12.1 Å². The average molecular weight is 372 g/mol. The fraction of sp³-hybridized carbons (Fsp3) is 0.895. The maximum atomic E-state index is 14.0. The third kappa shape index (κ3) is 3.47. The third-order valence-corrected chi connectivity index (χ3v) is 6.15. The van der Waals surface area contributed by atoms with E-state index in [1.165, 1.54) is 0 Å². The summed E-state index contributed by atoms with van der Waals surface area (Å²) >= 11 is 0. The number of carbonyl (C=O) groups is 2. The van der Waals surface area contributed by atoms with Crippen LogP contribution < -0.4 is 0 Å². The molecule has 26 heavy (non-hydrogen) atoms. The molecular weight excluding hydrogens is 342 g/mol. The highest BCUT2D eigenvalue weighted by atomic mass is 19.3. The zero-order valence-electron chi connectivity index (χ0n) is 16.2. The Kier molecular flexibility index (Phi) is 4.83. The van der Waals surface area contributed by atoms with Crippen LogP contribution in [0.4, 0.5) is 8.78 Å². The first kappa shape index (κ1) is 19.5. The van der Waals surface area contributed by atoms with Crippen molar-refractivity contribution in [1.82, 2.24) is 9.80 Å². The number of rotatable bonds is 3. The second kappa shape index (κ2) is 6.43. The number of carbonyl (C=O) groups excluding carboxylic acids is 2. The van der Waals surface area contributed by atoms with Crippen LogP contribution in [0.3, 0.4) is 0 Å². The van der Waals surface area contributed by atoms with Crippen LogP contribution in [0.5, 0.6) is 0 Å². The number of esters is 1. The van der Waals surface area contributed by atoms with Crippen molar-refractivity contribution >= 4 is 11.9 Å². The van der Waals surface area contributed by atoms with E-state index >= 15 is 0 Å². The second-order valence-corrected chi connectivity index (χ2v) is 9.20. The van der Waals surface area contributed by atoms with Gasteiger partial charge in [-0.3, -0.25) is 14.5 Å². The minimum atomic E-state index is -2.62. The molecule has 2 aliphatic heterocycles. The summed E-state index contributed by atoms with van der Waals surface area (Å²) in [6.45, 7) is 8.24. The van der Waals surface area contributed by atoms with Gasteiger partial charge in [-0.05, 0) is 53.0 Å². The van der Waals surface area contributed by atoms with Gasteiger partial charge in [-0.15, -0.1) is 0 Å². The number of nitrogens with zero attached hydrogens (tertiary/aromatic N) is 2. The highest BCUT2D eigenvalue weighted by Crippen LogP contribution is 2.69. The van der Waals surface area contributed by atoms with Gasteiger partial charge in [0.05, 0.1) is 6.04 Å². The number of alkyl halides is 2. The zero-order valence-corrected chi connectivity index (χ0v) is 16.2. The van der Waals surface area contributed by atoms with E-state index in [4.69, 9.17) is 4.74 Å². The molecule has 0 aromatic rings. The van der Waals surface area contributed by atoms with Crippen LogP contribution in [0.2, 0.25) is 0 Å². The summed E-state index contributed by atoms with van der Waals surface area (Å²) in [6, 6.07) is -0.402. The van der Waals surface area contributed by atoms with Gasteiger partial charge in [0.2, 0.25) is 5.91 Å². The van der Waals surface area contributed by atoms with Gasteiger partial charge in [-0.2, -0.15) is 0 Å². The van der Waals surface area contributed by atoms with Gasteiger partial charge in [0, 0.05) is 24.4 Å². The Morgan fingerprint density at radius 3 is 2.58 bits per heavy atom. The first-order valence-corrected chi connectivity index (χ1v) is 9.58. The average Bonchev–Trinajstić information content (AvgIpc) is 3.02. The summed E-state index contributed by atoms with van der Waals surface area (Å²) < 4.78 is 33.4. The van der Waals surface area contributed by atoms with Crippen LogP contribution in [-0.2, 0) is 14.3 Å². The second-order valence-electron chi connectivity index (χ2n) is 9.20. The number of amides is 1. The molecule has 3 unspecified atom stereocenters. The Bertz CT molecular complexity index is 590. The molecule has 3 fully saturated rings. The first-order valence-electron chi connectivity index (χ1n) is 9.58. The van der Waals surface area contributed by atoms with Crippen molar-refractivity contribution in [2.24, 2.45) is 11.3 Å². The van der Waals surface area contributed by atoms with E-state index in [1.54, 1.807) is 32.6 Å². The SMILES string of the molecule is CC(C)(C)OC(=O)CN1CCCCC(N2CCC3(C)C(C2)C3(F)F)C1=O. The van der Waals surface area contributed by atoms with Gasteiger partial charge in [0.25, 0.3) is 5.92 Å². The molecule has 3 aliphatic rings. The molecule has 2 heterocycles. The van der Waals surface area contributed by atoms with E-state index < -0.39 is 34.9 Å². The lowest BCUT2D eigenvalue weighted by Crippen LogP contribution is -2.51. The highest BCUT2D eigenvalue weighted by Gasteiger charge is 2.78. The fourth-order valence-corrected chi connectivity index (χ4v) is 4.43. The first-order chi connectivity index (χ1) is 12.0. The molecule has 5 nitrogen and oxygen atoms in total. The Morgan fingerprint density at radius 1 is 1.27 bits per heavy atom. The largest absolute Gasteiger partial charge is 0.459 e. The molecule has 0 aromatic carbocycles. The van der Waals surface area contributed by atoms with Crippen LogP contribution in [0.15, 0.2) is 0 Å². The number of piperidine rings is 1. The van der Waals surface area contributed by atoms with Gasteiger partial charge < -0.3 is 9.64 Å². The molecule has 7 heteroatoms. The van der Waals surface area contributed by atoms with Gasteiger partial charge in [-0.1, -0.05) is 6.92 Å². The van der Waals surface area contributed by atoms with Crippen molar-refractivity contribution in [1.29, 1.82) is 0 Å². The molecule has 2 saturated heterocycles. The molecule has 0 N–H and O–H groups in total. The van der Waals surface area contributed by atoms with Crippen LogP contribution in [0.1, 0.15) is 53.4 Å².